The van der Waals surface area contributed by atoms with Gasteiger partial charge in [0.2, 0.25) is 0 Å². The van der Waals surface area contributed by atoms with Crippen LogP contribution in [-0.4, -0.2) is 19.1 Å². The molecule has 0 aromatic heterocycles. The summed E-state index contributed by atoms with van der Waals surface area (Å²) in [7, 11) is 0. The molecular formula is C15H24N2. The van der Waals surface area contributed by atoms with Crippen LogP contribution in [0.5, 0.6) is 0 Å². The van der Waals surface area contributed by atoms with E-state index in [1.807, 2.05) is 0 Å². The molecule has 0 heterocycles. The van der Waals surface area contributed by atoms with Gasteiger partial charge >= 0.3 is 0 Å². The zero-order valence-corrected chi connectivity index (χ0v) is 10.7. The second-order valence-electron chi connectivity index (χ2n) is 5.34. The highest BCUT2D eigenvalue weighted by Crippen LogP contribution is 2.36. The highest BCUT2D eigenvalue weighted by molar-refractivity contribution is 5.14. The smallest absolute Gasteiger partial charge is 0.0193 e. The van der Waals surface area contributed by atoms with Gasteiger partial charge < -0.3 is 11.1 Å². The number of hydrogen-bond acceptors (Lipinski definition) is 2. The van der Waals surface area contributed by atoms with Crippen LogP contribution >= 0.6 is 0 Å². The van der Waals surface area contributed by atoms with Gasteiger partial charge in [0.1, 0.15) is 0 Å². The summed E-state index contributed by atoms with van der Waals surface area (Å²) in [4.78, 5) is 0. The summed E-state index contributed by atoms with van der Waals surface area (Å²) in [6.45, 7) is 4.22. The highest BCUT2D eigenvalue weighted by atomic mass is 14.9. The van der Waals surface area contributed by atoms with Gasteiger partial charge in [0.15, 0.2) is 0 Å². The highest BCUT2D eigenvalue weighted by Gasteiger charge is 2.32. The minimum absolute atomic E-state index is 0.475. The Hall–Kier alpha value is -0.860. The van der Waals surface area contributed by atoms with Crippen molar-refractivity contribution >= 4 is 0 Å². The molecule has 94 valence electrons. The van der Waals surface area contributed by atoms with E-state index in [0.29, 0.717) is 6.04 Å². The zero-order chi connectivity index (χ0) is 12.1. The molecule has 0 amide bonds. The van der Waals surface area contributed by atoms with Crippen molar-refractivity contribution in [1.29, 1.82) is 0 Å². The molecular weight excluding hydrogens is 208 g/mol. The van der Waals surface area contributed by atoms with Crippen LogP contribution in [0.2, 0.25) is 0 Å². The van der Waals surface area contributed by atoms with E-state index in [4.69, 9.17) is 5.73 Å². The monoisotopic (exact) mass is 232 g/mol. The third-order valence-electron chi connectivity index (χ3n) is 3.85. The van der Waals surface area contributed by atoms with Crippen molar-refractivity contribution < 1.29 is 0 Å². The minimum Gasteiger partial charge on any atom is -0.329 e. The molecule has 1 aromatic carbocycles. The van der Waals surface area contributed by atoms with Crippen LogP contribution in [0.4, 0.5) is 0 Å². The van der Waals surface area contributed by atoms with Crippen molar-refractivity contribution in [2.45, 2.75) is 32.2 Å². The fraction of sp³-hybridized carbons (Fsp3) is 0.600. The molecule has 2 rings (SSSR count). The number of aryl methyl sites for hydroxylation is 1. The van der Waals surface area contributed by atoms with Gasteiger partial charge in [-0.3, -0.25) is 0 Å². The molecule has 2 nitrogen and oxygen atoms in total. The van der Waals surface area contributed by atoms with Gasteiger partial charge in [-0.05, 0) is 43.2 Å². The third-order valence-corrected chi connectivity index (χ3v) is 3.85. The van der Waals surface area contributed by atoms with E-state index in [-0.39, 0.29) is 0 Å². The summed E-state index contributed by atoms with van der Waals surface area (Å²) >= 11 is 0. The lowest BCUT2D eigenvalue weighted by Crippen LogP contribution is -2.37. The van der Waals surface area contributed by atoms with E-state index < -0.39 is 0 Å². The van der Waals surface area contributed by atoms with Gasteiger partial charge in [-0.25, -0.2) is 0 Å². The molecule has 0 spiro atoms. The Balaban J connectivity index is 1.68. The molecule has 1 aliphatic carbocycles. The summed E-state index contributed by atoms with van der Waals surface area (Å²) in [6.07, 6.45) is 3.65. The van der Waals surface area contributed by atoms with E-state index >= 15 is 0 Å². The van der Waals surface area contributed by atoms with Gasteiger partial charge in [-0.1, -0.05) is 37.3 Å². The van der Waals surface area contributed by atoms with Crippen molar-refractivity contribution in [2.75, 3.05) is 13.1 Å². The predicted molar refractivity (Wildman–Crippen MR) is 72.9 cm³/mol. The van der Waals surface area contributed by atoms with E-state index in [0.717, 1.165) is 37.8 Å². The van der Waals surface area contributed by atoms with Crippen molar-refractivity contribution in [1.82, 2.24) is 5.32 Å². The number of rotatable bonds is 7. The molecule has 1 aromatic rings. The largest absolute Gasteiger partial charge is 0.329 e. The number of benzene rings is 1. The molecule has 1 saturated carbocycles. The third kappa shape index (κ3) is 4.14. The first-order valence-electron chi connectivity index (χ1n) is 6.77. The number of nitrogens with two attached hydrogens (primary N) is 1. The number of nitrogens with one attached hydrogen (secondary N) is 1. The van der Waals surface area contributed by atoms with E-state index in [9.17, 15) is 0 Å². The van der Waals surface area contributed by atoms with Crippen molar-refractivity contribution in [3.63, 3.8) is 0 Å². The van der Waals surface area contributed by atoms with Crippen molar-refractivity contribution in [2.24, 2.45) is 17.6 Å². The molecule has 3 unspecified atom stereocenters. The van der Waals surface area contributed by atoms with E-state index in [2.05, 4.69) is 42.6 Å². The fourth-order valence-electron chi connectivity index (χ4n) is 2.29. The van der Waals surface area contributed by atoms with Gasteiger partial charge in [-0.2, -0.15) is 0 Å². The van der Waals surface area contributed by atoms with Crippen molar-refractivity contribution in [3.05, 3.63) is 35.9 Å². The molecule has 1 aliphatic rings. The first-order valence-corrected chi connectivity index (χ1v) is 6.77. The number of hydrogen-bond donors (Lipinski definition) is 2. The molecule has 0 radical (unpaired) electrons. The summed E-state index contributed by atoms with van der Waals surface area (Å²) in [6, 6.07) is 11.1. The van der Waals surface area contributed by atoms with Gasteiger partial charge in [0.25, 0.3) is 0 Å². The van der Waals surface area contributed by atoms with Gasteiger partial charge in [0.05, 0.1) is 0 Å². The lowest BCUT2D eigenvalue weighted by molar-refractivity contribution is 0.469. The molecule has 0 saturated heterocycles. The Bertz CT molecular complexity index is 323. The fourth-order valence-corrected chi connectivity index (χ4v) is 2.29. The van der Waals surface area contributed by atoms with Gasteiger partial charge in [0, 0.05) is 12.6 Å². The Morgan fingerprint density at radius 2 is 2.06 bits per heavy atom. The van der Waals surface area contributed by atoms with Crippen LogP contribution in [0, 0.1) is 11.8 Å². The van der Waals surface area contributed by atoms with Crippen LogP contribution in [-0.2, 0) is 6.42 Å². The zero-order valence-electron chi connectivity index (χ0n) is 10.7. The van der Waals surface area contributed by atoms with Crippen molar-refractivity contribution in [3.8, 4) is 0 Å². The molecule has 3 atom stereocenters. The van der Waals surface area contributed by atoms with Crippen LogP contribution in [0.25, 0.3) is 0 Å². The second-order valence-corrected chi connectivity index (χ2v) is 5.34. The Kier molecular flexibility index (Phi) is 4.57. The van der Waals surface area contributed by atoms with Crippen LogP contribution in [0.15, 0.2) is 30.3 Å². The van der Waals surface area contributed by atoms with Crippen LogP contribution in [0.1, 0.15) is 25.3 Å². The summed E-state index contributed by atoms with van der Waals surface area (Å²) in [5.74, 6) is 1.83. The van der Waals surface area contributed by atoms with E-state index in [1.165, 1.54) is 12.0 Å². The predicted octanol–water partition coefficient (Wildman–Crippen LogP) is 2.19. The molecule has 1 fully saturated rings. The van der Waals surface area contributed by atoms with Crippen LogP contribution in [0.3, 0.4) is 0 Å². The average Bonchev–Trinajstić information content (AvgIpc) is 3.07. The standard InChI is InChI=1S/C15H24N2/c1-12-9-14(12)11-17-15(10-16)8-7-13-5-3-2-4-6-13/h2-6,12,14-15,17H,7-11,16H2,1H3. The quantitative estimate of drug-likeness (QED) is 0.756. The first-order chi connectivity index (χ1) is 8.29. The summed E-state index contributed by atoms with van der Waals surface area (Å²) in [5, 5.41) is 3.61. The molecule has 3 N–H and O–H groups in total. The SMILES string of the molecule is CC1CC1CNC(CN)CCc1ccccc1. The Labute approximate surface area is 105 Å². The molecule has 0 aliphatic heterocycles. The Morgan fingerprint density at radius 3 is 2.65 bits per heavy atom. The lowest BCUT2D eigenvalue weighted by Gasteiger charge is -2.16. The normalized spacial score (nSPS) is 24.6. The summed E-state index contributed by atoms with van der Waals surface area (Å²) < 4.78 is 0. The molecule has 0 bridgehead atoms. The van der Waals surface area contributed by atoms with E-state index in [1.54, 1.807) is 0 Å². The lowest BCUT2D eigenvalue weighted by atomic mass is 10.1. The molecule has 2 heteroatoms. The maximum absolute atomic E-state index is 5.82. The van der Waals surface area contributed by atoms with Crippen LogP contribution < -0.4 is 11.1 Å². The maximum Gasteiger partial charge on any atom is 0.0193 e. The average molecular weight is 232 g/mol. The van der Waals surface area contributed by atoms with Gasteiger partial charge in [-0.15, -0.1) is 0 Å². The minimum atomic E-state index is 0.475. The Morgan fingerprint density at radius 1 is 1.35 bits per heavy atom. The summed E-state index contributed by atoms with van der Waals surface area (Å²) in [5.41, 5.74) is 7.23. The second kappa shape index (κ2) is 6.18. The first kappa shape index (κ1) is 12.6. The topological polar surface area (TPSA) is 38.0 Å². The molecule has 17 heavy (non-hydrogen) atoms. The maximum atomic E-state index is 5.82.